The zero-order valence-corrected chi connectivity index (χ0v) is 11.7. The highest BCUT2D eigenvalue weighted by molar-refractivity contribution is 7.55. The van der Waals surface area contributed by atoms with Crippen LogP contribution in [-0.4, -0.2) is 0 Å². The van der Waals surface area contributed by atoms with Crippen molar-refractivity contribution < 1.29 is 0 Å². The van der Waals surface area contributed by atoms with Gasteiger partial charge in [0.25, 0.3) is 0 Å². The summed E-state index contributed by atoms with van der Waals surface area (Å²) in [5.41, 5.74) is 0. The molecule has 0 unspecified atom stereocenters. The average molecular weight is 239 g/mol. The van der Waals surface area contributed by atoms with Gasteiger partial charge in [-0.15, -0.1) is 0 Å². The zero-order chi connectivity index (χ0) is 10.4. The van der Waals surface area contributed by atoms with Crippen LogP contribution in [0.1, 0.15) is 47.0 Å². The first-order valence-electron chi connectivity index (χ1n) is 4.71. The van der Waals surface area contributed by atoms with Gasteiger partial charge in [0, 0.05) is 0 Å². The van der Waals surface area contributed by atoms with Crippen LogP contribution in [0.25, 0.3) is 0 Å². The van der Waals surface area contributed by atoms with Gasteiger partial charge in [-0.1, -0.05) is 47.0 Å². The van der Waals surface area contributed by atoms with Crippen LogP contribution in [0, 0.1) is 0 Å². The Balaban J connectivity index is 0. The lowest BCUT2D eigenvalue weighted by Gasteiger charge is -1.86. The van der Waals surface area contributed by atoms with E-state index in [1.54, 1.807) is 0 Å². The van der Waals surface area contributed by atoms with Gasteiger partial charge in [-0.05, 0) is 0 Å². The van der Waals surface area contributed by atoms with E-state index in [0.717, 1.165) is 17.0 Å². The first-order valence-corrected chi connectivity index (χ1v) is 7.30. The second-order valence-corrected chi connectivity index (χ2v) is 4.95. The molecule has 0 spiro atoms. The Kier molecular flexibility index (Phi) is 22.7. The van der Waals surface area contributed by atoms with Crippen molar-refractivity contribution in [3.05, 3.63) is 0 Å². The van der Waals surface area contributed by atoms with Crippen LogP contribution in [0.2, 0.25) is 0 Å². The number of hydrogen-bond acceptors (Lipinski definition) is 3. The molecule has 1 N–H and O–H groups in total. The van der Waals surface area contributed by atoms with Crippen molar-refractivity contribution >= 4 is 25.9 Å². The van der Waals surface area contributed by atoms with Crippen molar-refractivity contribution in [2.24, 2.45) is 9.03 Å². The van der Waals surface area contributed by atoms with Crippen LogP contribution in [0.4, 0.5) is 0 Å². The first kappa shape index (κ1) is 16.0. The fourth-order valence-corrected chi connectivity index (χ4v) is 2.68. The largest absolute Gasteiger partial charge is 0.206 e. The maximum absolute atomic E-state index is 3.89. The Morgan fingerprint density at radius 3 is 1.62 bits per heavy atom. The molecule has 0 saturated carbocycles. The molecule has 0 aromatic carbocycles. The van der Waals surface area contributed by atoms with Gasteiger partial charge in [-0.2, -0.15) is 4.86 Å². The molecule has 1 aliphatic heterocycles. The number of hydrogen-bond donors (Lipinski definition) is 1. The summed E-state index contributed by atoms with van der Waals surface area (Å²) in [6.07, 6.45) is 4.08. The monoisotopic (exact) mass is 239 g/mol. The minimum Gasteiger partial charge on any atom is -0.206 e. The van der Waals surface area contributed by atoms with Crippen LogP contribution < -0.4 is 4.86 Å². The third-order valence-corrected chi connectivity index (χ3v) is 3.22. The molecule has 0 aliphatic carbocycles. The molecule has 1 aliphatic rings. The van der Waals surface area contributed by atoms with Gasteiger partial charge in [0.05, 0.1) is 0 Å². The van der Waals surface area contributed by atoms with Crippen molar-refractivity contribution in [1.82, 2.24) is 4.86 Å². The number of nitrogens with one attached hydrogen (secondary N) is 1. The molecule has 3 nitrogen and oxygen atoms in total. The normalized spacial score (nSPS) is 16.6. The molecule has 0 aromatic heterocycles. The molecule has 1 rings (SSSR count). The van der Waals surface area contributed by atoms with Crippen molar-refractivity contribution in [3.8, 4) is 0 Å². The molecule has 0 amide bonds. The van der Waals surface area contributed by atoms with Crippen molar-refractivity contribution in [3.63, 3.8) is 0 Å². The van der Waals surface area contributed by atoms with Crippen LogP contribution in [0.15, 0.2) is 9.03 Å². The highest BCUT2D eigenvalue weighted by atomic mass is 31.2. The predicted octanol–water partition coefficient (Wildman–Crippen LogP) is 5.41. The molecule has 0 atom stereocenters. The van der Waals surface area contributed by atoms with Gasteiger partial charge in [-0.25, -0.2) is 9.03 Å². The van der Waals surface area contributed by atoms with Gasteiger partial charge < -0.3 is 0 Å². The van der Waals surface area contributed by atoms with E-state index in [-0.39, 0.29) is 0 Å². The van der Waals surface area contributed by atoms with Gasteiger partial charge in [0.1, 0.15) is 25.9 Å². The van der Waals surface area contributed by atoms with E-state index in [4.69, 9.17) is 0 Å². The van der Waals surface area contributed by atoms with E-state index in [2.05, 4.69) is 27.7 Å². The Morgan fingerprint density at radius 1 is 1.08 bits per heavy atom. The summed E-state index contributed by atoms with van der Waals surface area (Å²) in [4.78, 5) is 2.90. The van der Waals surface area contributed by atoms with Gasteiger partial charge in [-0.3, -0.25) is 0 Å². The lowest BCUT2D eigenvalue weighted by atomic mass is 10.3. The van der Waals surface area contributed by atoms with Crippen molar-refractivity contribution in [1.29, 1.82) is 0 Å². The molecule has 0 aromatic rings. The van der Waals surface area contributed by atoms with Gasteiger partial charge >= 0.3 is 0 Å². The second kappa shape index (κ2) is 18.4. The predicted molar refractivity (Wildman–Crippen MR) is 66.7 cm³/mol. The van der Waals surface area contributed by atoms with Crippen LogP contribution in [0.3, 0.4) is 0 Å². The average Bonchev–Trinajstić information content (AvgIpc) is 2.25. The third-order valence-electron chi connectivity index (χ3n) is 0.986. The number of rotatable bonds is 2. The lowest BCUT2D eigenvalue weighted by Crippen LogP contribution is -1.67. The van der Waals surface area contributed by atoms with Crippen LogP contribution in [-0.2, 0) is 0 Å². The molecule has 0 radical (unpaired) electrons. The summed E-state index contributed by atoms with van der Waals surface area (Å²) in [6.45, 7) is 8.42. The third kappa shape index (κ3) is 19.1. The van der Waals surface area contributed by atoms with Gasteiger partial charge in [0.2, 0.25) is 0 Å². The summed E-state index contributed by atoms with van der Waals surface area (Å²) in [6, 6.07) is 0. The molecule has 0 fully saturated rings. The molecular formula is C7H20N3P3. The summed E-state index contributed by atoms with van der Waals surface area (Å²) in [5, 5.41) is 0. The highest BCUT2D eigenvalue weighted by Gasteiger charge is 1.78. The molecule has 0 bridgehead atoms. The quantitative estimate of drug-likeness (QED) is 0.642. The van der Waals surface area contributed by atoms with Crippen LogP contribution in [0.5, 0.6) is 0 Å². The molecular weight excluding hydrogens is 219 g/mol. The fraction of sp³-hybridized carbons (Fsp3) is 1.00. The SMILES string of the molecule is CC.CCCCC.N1=PNP=NP1. The smallest absolute Gasteiger partial charge is 0.135 e. The molecule has 1 heterocycles. The lowest BCUT2D eigenvalue weighted by molar-refractivity contribution is 0.772. The Hall–Kier alpha value is 0.590. The molecule has 78 valence electrons. The van der Waals surface area contributed by atoms with Crippen LogP contribution >= 0.6 is 25.9 Å². The Bertz CT molecular complexity index is 106. The second-order valence-electron chi connectivity index (χ2n) is 1.95. The maximum atomic E-state index is 3.89. The van der Waals surface area contributed by atoms with Crippen molar-refractivity contribution in [2.45, 2.75) is 47.0 Å². The fourth-order valence-electron chi connectivity index (χ4n) is 0.483. The maximum Gasteiger partial charge on any atom is 0.135 e. The van der Waals surface area contributed by atoms with E-state index in [0.29, 0.717) is 8.88 Å². The summed E-state index contributed by atoms with van der Waals surface area (Å²) >= 11 is 0. The van der Waals surface area contributed by atoms with Gasteiger partial charge in [0.15, 0.2) is 0 Å². The Labute approximate surface area is 87.3 Å². The van der Waals surface area contributed by atoms with E-state index < -0.39 is 0 Å². The minimum absolute atomic E-state index is 0.465. The number of nitrogens with zero attached hydrogens (tertiary/aromatic N) is 2. The van der Waals surface area contributed by atoms with E-state index >= 15 is 0 Å². The topological polar surface area (TPSA) is 36.8 Å². The van der Waals surface area contributed by atoms with E-state index in [1.165, 1.54) is 19.3 Å². The Morgan fingerprint density at radius 2 is 1.54 bits per heavy atom. The first-order chi connectivity index (χ1) is 6.41. The van der Waals surface area contributed by atoms with E-state index in [1.807, 2.05) is 13.8 Å². The molecule has 13 heavy (non-hydrogen) atoms. The summed E-state index contributed by atoms with van der Waals surface area (Å²) in [7, 11) is 2.42. The summed E-state index contributed by atoms with van der Waals surface area (Å²) in [5.74, 6) is 0. The standard InChI is InChI=1S/C5H12.C2H6.H2N3P3/c1-3-5-4-2;1-2;1-4-2-6-3-5-1/h3-5H2,1-2H3;1-2H3;4H,(H,1,2,3). The number of unbranched alkanes of at least 4 members (excludes halogenated alkanes) is 2. The van der Waals surface area contributed by atoms with E-state index in [9.17, 15) is 0 Å². The highest BCUT2D eigenvalue weighted by Crippen LogP contribution is 2.28. The summed E-state index contributed by atoms with van der Waals surface area (Å²) < 4.78 is 7.78. The molecule has 6 heteroatoms. The van der Waals surface area contributed by atoms with Crippen molar-refractivity contribution in [2.75, 3.05) is 0 Å². The molecule has 0 saturated heterocycles. The zero-order valence-electron chi connectivity index (χ0n) is 8.91. The minimum atomic E-state index is 0.465.